The summed E-state index contributed by atoms with van der Waals surface area (Å²) in [5.74, 6) is -0.146. The lowest BCUT2D eigenvalue weighted by atomic mass is 10.3. The van der Waals surface area contributed by atoms with Crippen LogP contribution in [0.4, 0.5) is 0 Å². The highest BCUT2D eigenvalue weighted by Crippen LogP contribution is 2.17. The summed E-state index contributed by atoms with van der Waals surface area (Å²) in [6, 6.07) is 0.905. The Balaban J connectivity index is 4.29. The number of carbonyl (C=O) groups excluding carboxylic acids is 1. The molecule has 0 N–H and O–H groups in total. The van der Waals surface area contributed by atoms with Gasteiger partial charge in [0, 0.05) is 13.6 Å². The van der Waals surface area contributed by atoms with Crippen molar-refractivity contribution in [3.8, 4) is 0 Å². The maximum Gasteiger partial charge on any atom is 0.333 e. The minimum absolute atomic E-state index is 0.146. The van der Waals surface area contributed by atoms with Gasteiger partial charge >= 0.3 is 5.97 Å². The molecule has 0 aliphatic heterocycles. The number of esters is 1. The fraction of sp³-hybridized carbons (Fsp3) is 0.700. The fourth-order valence-corrected chi connectivity index (χ4v) is 2.58. The van der Waals surface area contributed by atoms with E-state index >= 15 is 0 Å². The van der Waals surface area contributed by atoms with Crippen molar-refractivity contribution in [3.05, 3.63) is 11.6 Å². The van der Waals surface area contributed by atoms with Crippen LogP contribution < -0.4 is 0 Å². The minimum Gasteiger partial charge on any atom is -0.463 e. The molecule has 13 heavy (non-hydrogen) atoms. The second-order valence-corrected chi connectivity index (χ2v) is 9.75. The van der Waals surface area contributed by atoms with E-state index in [4.69, 9.17) is 4.74 Å². The molecule has 0 radical (unpaired) electrons. The Hall–Kier alpha value is -0.573. The molecule has 0 spiro atoms. The normalized spacial score (nSPS) is 12.8. The molecule has 3 heteroatoms. The Bertz CT molecular complexity index is 201. The Kier molecular flexibility index (Phi) is 4.99. The van der Waals surface area contributed by atoms with Crippen LogP contribution in [-0.4, -0.2) is 20.7 Å². The van der Waals surface area contributed by atoms with Crippen molar-refractivity contribution in [2.75, 3.05) is 6.61 Å². The van der Waals surface area contributed by atoms with Crippen LogP contribution in [0.3, 0.4) is 0 Å². The van der Waals surface area contributed by atoms with Crippen LogP contribution in [0.2, 0.25) is 25.7 Å². The van der Waals surface area contributed by atoms with E-state index < -0.39 is 8.07 Å². The zero-order chi connectivity index (χ0) is 10.5. The van der Waals surface area contributed by atoms with E-state index in [1.807, 2.05) is 19.9 Å². The lowest BCUT2D eigenvalue weighted by Gasteiger charge is -2.16. The zero-order valence-electron chi connectivity index (χ0n) is 9.31. The van der Waals surface area contributed by atoms with Crippen LogP contribution in [-0.2, 0) is 9.53 Å². The van der Waals surface area contributed by atoms with Crippen molar-refractivity contribution in [3.63, 3.8) is 0 Å². The lowest BCUT2D eigenvalue weighted by Crippen LogP contribution is -2.23. The first-order valence-electron chi connectivity index (χ1n) is 4.73. The van der Waals surface area contributed by atoms with Crippen molar-refractivity contribution < 1.29 is 9.53 Å². The summed E-state index contributed by atoms with van der Waals surface area (Å²) in [6.07, 6.45) is 1.87. The molecule has 0 heterocycles. The highest BCUT2D eigenvalue weighted by molar-refractivity contribution is 6.77. The fourth-order valence-electron chi connectivity index (χ4n) is 1.09. The van der Waals surface area contributed by atoms with Gasteiger partial charge < -0.3 is 4.74 Å². The molecular formula is C10H20O2Si. The maximum absolute atomic E-state index is 11.4. The summed E-state index contributed by atoms with van der Waals surface area (Å²) in [7, 11) is -1.20. The number of hydrogen-bond donors (Lipinski definition) is 0. The van der Waals surface area contributed by atoms with E-state index in [0.29, 0.717) is 6.61 Å². The van der Waals surface area contributed by atoms with Crippen LogP contribution in [0.15, 0.2) is 11.6 Å². The first-order chi connectivity index (χ1) is 5.90. The molecule has 0 saturated carbocycles. The molecule has 76 valence electrons. The third-order valence-corrected chi connectivity index (χ3v) is 3.05. The number of allylic oxidation sites excluding steroid dienone is 1. The second-order valence-electron chi connectivity index (χ2n) is 4.27. The zero-order valence-corrected chi connectivity index (χ0v) is 10.3. The van der Waals surface area contributed by atoms with Gasteiger partial charge in [-0.3, -0.25) is 0 Å². The molecule has 0 aromatic carbocycles. The van der Waals surface area contributed by atoms with Crippen molar-refractivity contribution in [2.24, 2.45) is 0 Å². The molecule has 0 aromatic heterocycles. The van der Waals surface area contributed by atoms with Gasteiger partial charge in [0.1, 0.15) is 0 Å². The molecule has 0 unspecified atom stereocenters. The highest BCUT2D eigenvalue weighted by atomic mass is 28.3. The van der Waals surface area contributed by atoms with Crippen LogP contribution in [0.1, 0.15) is 13.8 Å². The maximum atomic E-state index is 11.4. The van der Waals surface area contributed by atoms with Crippen LogP contribution in [0, 0.1) is 0 Å². The quantitative estimate of drug-likeness (QED) is 0.396. The smallest absolute Gasteiger partial charge is 0.333 e. The summed E-state index contributed by atoms with van der Waals surface area (Å²) in [5.41, 5.74) is 0.834. The van der Waals surface area contributed by atoms with Gasteiger partial charge in [-0.1, -0.05) is 25.7 Å². The van der Waals surface area contributed by atoms with Crippen LogP contribution in [0.5, 0.6) is 0 Å². The van der Waals surface area contributed by atoms with Crippen molar-refractivity contribution in [1.82, 2.24) is 0 Å². The van der Waals surface area contributed by atoms with Gasteiger partial charge in [-0.15, -0.1) is 0 Å². The van der Waals surface area contributed by atoms with Crippen LogP contribution >= 0.6 is 0 Å². The van der Waals surface area contributed by atoms with Gasteiger partial charge in [-0.25, -0.2) is 4.79 Å². The van der Waals surface area contributed by atoms with Crippen LogP contribution in [0.25, 0.3) is 0 Å². The first-order valence-corrected chi connectivity index (χ1v) is 8.43. The number of ether oxygens (including phenoxy) is 1. The molecule has 0 aliphatic rings. The largest absolute Gasteiger partial charge is 0.463 e. The molecule has 0 rings (SSSR count). The number of carbonyl (C=O) groups is 1. The SMILES string of the molecule is CC=C(C[Si](C)(C)C)C(=O)OCC. The third kappa shape index (κ3) is 5.63. The molecule has 0 saturated heterocycles. The Morgan fingerprint density at radius 1 is 1.38 bits per heavy atom. The van der Waals surface area contributed by atoms with E-state index in [2.05, 4.69) is 19.6 Å². The summed E-state index contributed by atoms with van der Waals surface area (Å²) < 4.78 is 4.96. The second kappa shape index (κ2) is 5.22. The van der Waals surface area contributed by atoms with Crippen molar-refractivity contribution in [1.29, 1.82) is 0 Å². The summed E-state index contributed by atoms with van der Waals surface area (Å²) in [4.78, 5) is 11.4. The monoisotopic (exact) mass is 200 g/mol. The minimum atomic E-state index is -1.20. The molecule has 0 aliphatic carbocycles. The Morgan fingerprint density at radius 2 is 1.92 bits per heavy atom. The van der Waals surface area contributed by atoms with E-state index in [1.54, 1.807) is 0 Å². The molecule has 0 atom stereocenters. The predicted molar refractivity (Wildman–Crippen MR) is 58.5 cm³/mol. The van der Waals surface area contributed by atoms with Gasteiger partial charge in [-0.2, -0.15) is 0 Å². The molecule has 0 fully saturated rings. The molecule has 0 bridgehead atoms. The average molecular weight is 200 g/mol. The van der Waals surface area contributed by atoms with E-state index in [1.165, 1.54) is 0 Å². The number of rotatable bonds is 4. The molecule has 0 aromatic rings. The van der Waals surface area contributed by atoms with Crippen molar-refractivity contribution >= 4 is 14.0 Å². The van der Waals surface area contributed by atoms with E-state index in [0.717, 1.165) is 11.6 Å². The van der Waals surface area contributed by atoms with Gasteiger partial charge in [0.05, 0.1) is 6.61 Å². The topological polar surface area (TPSA) is 26.3 Å². The Morgan fingerprint density at radius 3 is 2.23 bits per heavy atom. The lowest BCUT2D eigenvalue weighted by molar-refractivity contribution is -0.138. The van der Waals surface area contributed by atoms with E-state index in [-0.39, 0.29) is 5.97 Å². The predicted octanol–water partition coefficient (Wildman–Crippen LogP) is 2.83. The first kappa shape index (κ1) is 12.4. The average Bonchev–Trinajstić information content (AvgIpc) is 1.99. The molecule has 0 amide bonds. The Labute approximate surface area is 82.0 Å². The summed E-state index contributed by atoms with van der Waals surface area (Å²) in [5, 5.41) is 0. The van der Waals surface area contributed by atoms with E-state index in [9.17, 15) is 4.79 Å². The van der Waals surface area contributed by atoms with Crippen molar-refractivity contribution in [2.45, 2.75) is 39.5 Å². The molecular weight excluding hydrogens is 180 g/mol. The van der Waals surface area contributed by atoms with Gasteiger partial charge in [-0.05, 0) is 19.9 Å². The van der Waals surface area contributed by atoms with Gasteiger partial charge in [0.2, 0.25) is 0 Å². The summed E-state index contributed by atoms with van der Waals surface area (Å²) >= 11 is 0. The highest BCUT2D eigenvalue weighted by Gasteiger charge is 2.19. The standard InChI is InChI=1S/C10H20O2Si/c1-6-9(8-13(3,4)5)10(11)12-7-2/h6H,7-8H2,1-5H3. The van der Waals surface area contributed by atoms with Gasteiger partial charge in [0.15, 0.2) is 0 Å². The number of hydrogen-bond acceptors (Lipinski definition) is 2. The third-order valence-electron chi connectivity index (χ3n) is 1.61. The molecule has 2 nitrogen and oxygen atoms in total. The van der Waals surface area contributed by atoms with Gasteiger partial charge in [0.25, 0.3) is 0 Å². The summed E-state index contributed by atoms with van der Waals surface area (Å²) in [6.45, 7) is 10.9.